The van der Waals surface area contributed by atoms with Gasteiger partial charge < -0.3 is 5.73 Å². The van der Waals surface area contributed by atoms with Gasteiger partial charge in [0.2, 0.25) is 5.91 Å². The molecule has 4 nitrogen and oxygen atoms in total. The summed E-state index contributed by atoms with van der Waals surface area (Å²) in [5.74, 6) is -0.374. The van der Waals surface area contributed by atoms with Crippen LogP contribution in [0.1, 0.15) is 18.1 Å². The molecule has 0 bridgehead atoms. The summed E-state index contributed by atoms with van der Waals surface area (Å²) in [4.78, 5) is 23.0. The fourth-order valence-electron chi connectivity index (χ4n) is 1.27. The van der Waals surface area contributed by atoms with Gasteiger partial charge in [0.05, 0.1) is 5.25 Å². The van der Waals surface area contributed by atoms with Crippen LogP contribution in [0.5, 0.6) is 0 Å². The van der Waals surface area contributed by atoms with Gasteiger partial charge in [-0.2, -0.15) is 0 Å². The van der Waals surface area contributed by atoms with E-state index in [9.17, 15) is 9.59 Å². The maximum absolute atomic E-state index is 11.5. The molecule has 3 N–H and O–H groups in total. The second-order valence-corrected chi connectivity index (χ2v) is 5.27. The minimum Gasteiger partial charge on any atom is -0.351 e. The zero-order chi connectivity index (χ0) is 13.0. The van der Waals surface area contributed by atoms with Gasteiger partial charge in [-0.05, 0) is 44.0 Å². The Labute approximate surface area is 105 Å². The van der Waals surface area contributed by atoms with E-state index in [1.165, 1.54) is 22.9 Å². The largest absolute Gasteiger partial charge is 0.351 e. The average Bonchev–Trinajstić information content (AvgIpc) is 2.22. The van der Waals surface area contributed by atoms with Crippen molar-refractivity contribution in [3.05, 3.63) is 29.3 Å². The van der Waals surface area contributed by atoms with Gasteiger partial charge in [-0.25, -0.2) is 4.79 Å². The number of hydrogen-bond donors (Lipinski definition) is 2. The molecule has 0 heterocycles. The molecule has 0 fully saturated rings. The zero-order valence-corrected chi connectivity index (χ0v) is 10.9. The highest BCUT2D eigenvalue weighted by Crippen LogP contribution is 2.25. The van der Waals surface area contributed by atoms with Crippen molar-refractivity contribution in [3.63, 3.8) is 0 Å². The molecule has 0 spiro atoms. The fraction of sp³-hybridized carbons (Fsp3) is 0.333. The van der Waals surface area contributed by atoms with Crippen LogP contribution < -0.4 is 11.1 Å². The van der Waals surface area contributed by atoms with E-state index in [0.717, 1.165) is 4.90 Å². The number of imide groups is 1. The number of primary amides is 1. The fourth-order valence-corrected chi connectivity index (χ4v) is 2.23. The number of aryl methyl sites for hydroxylation is 2. The van der Waals surface area contributed by atoms with Crippen molar-refractivity contribution in [1.29, 1.82) is 0 Å². The molecule has 0 radical (unpaired) electrons. The standard InChI is InChI=1S/C12H16N2O2S/c1-7-4-5-10(6-8(7)2)17-9(3)11(15)14-12(13)16/h4-6,9H,1-3H3,(H3,13,14,15,16)/t9-/m0/s1. The minimum atomic E-state index is -0.817. The van der Waals surface area contributed by atoms with Crippen LogP contribution in [0.15, 0.2) is 23.1 Å². The molecule has 1 aromatic rings. The van der Waals surface area contributed by atoms with E-state index in [2.05, 4.69) is 5.32 Å². The van der Waals surface area contributed by atoms with Crippen molar-refractivity contribution in [2.24, 2.45) is 5.73 Å². The molecule has 92 valence electrons. The number of hydrogen-bond acceptors (Lipinski definition) is 3. The lowest BCUT2D eigenvalue weighted by Crippen LogP contribution is -2.39. The maximum Gasteiger partial charge on any atom is 0.318 e. The first kappa shape index (κ1) is 13.6. The number of thioether (sulfide) groups is 1. The minimum absolute atomic E-state index is 0.357. The van der Waals surface area contributed by atoms with Crippen molar-refractivity contribution in [3.8, 4) is 0 Å². The van der Waals surface area contributed by atoms with E-state index in [1.807, 2.05) is 32.0 Å². The molecule has 0 aliphatic heterocycles. The monoisotopic (exact) mass is 252 g/mol. The molecule has 17 heavy (non-hydrogen) atoms. The number of rotatable bonds is 3. The Morgan fingerprint density at radius 2 is 1.94 bits per heavy atom. The second kappa shape index (κ2) is 5.72. The molecule has 1 aromatic carbocycles. The summed E-state index contributed by atoms with van der Waals surface area (Å²) in [7, 11) is 0. The molecule has 1 rings (SSSR count). The van der Waals surface area contributed by atoms with Crippen molar-refractivity contribution >= 4 is 23.7 Å². The maximum atomic E-state index is 11.5. The molecule has 0 saturated carbocycles. The quantitative estimate of drug-likeness (QED) is 0.808. The summed E-state index contributed by atoms with van der Waals surface area (Å²) >= 11 is 1.40. The molecule has 0 aliphatic carbocycles. The van der Waals surface area contributed by atoms with E-state index in [-0.39, 0.29) is 11.2 Å². The Kier molecular flexibility index (Phi) is 4.57. The van der Waals surface area contributed by atoms with Crippen molar-refractivity contribution in [2.45, 2.75) is 30.9 Å². The number of benzene rings is 1. The number of carbonyl (C=O) groups excluding carboxylic acids is 2. The van der Waals surface area contributed by atoms with Crippen molar-refractivity contribution in [2.75, 3.05) is 0 Å². The molecule has 1 atom stereocenters. The Morgan fingerprint density at radius 3 is 2.47 bits per heavy atom. The van der Waals surface area contributed by atoms with Crippen LogP contribution >= 0.6 is 11.8 Å². The van der Waals surface area contributed by atoms with Crippen LogP contribution in [0.3, 0.4) is 0 Å². The Balaban J connectivity index is 2.67. The SMILES string of the molecule is Cc1ccc(S[C@@H](C)C(=O)NC(N)=O)cc1C. The van der Waals surface area contributed by atoms with Gasteiger partial charge in [0.15, 0.2) is 0 Å². The summed E-state index contributed by atoms with van der Waals surface area (Å²) < 4.78 is 0. The van der Waals surface area contributed by atoms with E-state index in [1.54, 1.807) is 6.92 Å². The summed E-state index contributed by atoms with van der Waals surface area (Å²) in [5, 5.41) is 1.71. The third-order valence-corrected chi connectivity index (χ3v) is 3.50. The number of urea groups is 1. The van der Waals surface area contributed by atoms with Crippen LogP contribution in [0.25, 0.3) is 0 Å². The van der Waals surface area contributed by atoms with Gasteiger partial charge in [-0.3, -0.25) is 10.1 Å². The molecule has 0 aliphatic rings. The van der Waals surface area contributed by atoms with Gasteiger partial charge in [0.1, 0.15) is 0 Å². The van der Waals surface area contributed by atoms with Crippen LogP contribution in [-0.2, 0) is 4.79 Å². The molecule has 0 saturated heterocycles. The molecule has 0 aromatic heterocycles. The van der Waals surface area contributed by atoms with Gasteiger partial charge in [0.25, 0.3) is 0 Å². The highest BCUT2D eigenvalue weighted by molar-refractivity contribution is 8.00. The average molecular weight is 252 g/mol. The Morgan fingerprint density at radius 1 is 1.29 bits per heavy atom. The van der Waals surface area contributed by atoms with Crippen molar-refractivity contribution < 1.29 is 9.59 Å². The highest BCUT2D eigenvalue weighted by atomic mass is 32.2. The van der Waals surface area contributed by atoms with E-state index < -0.39 is 6.03 Å². The first-order valence-electron chi connectivity index (χ1n) is 5.24. The predicted octanol–water partition coefficient (Wildman–Crippen LogP) is 1.98. The number of nitrogens with one attached hydrogen (secondary N) is 1. The third kappa shape index (κ3) is 4.11. The zero-order valence-electron chi connectivity index (χ0n) is 10.1. The van der Waals surface area contributed by atoms with Crippen molar-refractivity contribution in [1.82, 2.24) is 5.32 Å². The second-order valence-electron chi connectivity index (χ2n) is 3.86. The van der Waals surface area contributed by atoms with E-state index >= 15 is 0 Å². The van der Waals surface area contributed by atoms with Crippen LogP contribution in [0, 0.1) is 13.8 Å². The van der Waals surface area contributed by atoms with Gasteiger partial charge >= 0.3 is 6.03 Å². The van der Waals surface area contributed by atoms with E-state index in [0.29, 0.717) is 0 Å². The number of carbonyl (C=O) groups is 2. The smallest absolute Gasteiger partial charge is 0.318 e. The number of amides is 3. The summed E-state index contributed by atoms with van der Waals surface area (Å²) in [6.45, 7) is 5.79. The van der Waals surface area contributed by atoms with E-state index in [4.69, 9.17) is 5.73 Å². The normalized spacial score (nSPS) is 11.9. The van der Waals surface area contributed by atoms with Gasteiger partial charge in [-0.15, -0.1) is 11.8 Å². The van der Waals surface area contributed by atoms with Crippen LogP contribution in [-0.4, -0.2) is 17.2 Å². The Hall–Kier alpha value is -1.49. The number of nitrogens with two attached hydrogens (primary N) is 1. The van der Waals surface area contributed by atoms with Crippen LogP contribution in [0.4, 0.5) is 4.79 Å². The molecular weight excluding hydrogens is 236 g/mol. The molecular formula is C12H16N2O2S. The third-order valence-electron chi connectivity index (χ3n) is 2.41. The lowest BCUT2D eigenvalue weighted by Gasteiger charge is -2.11. The van der Waals surface area contributed by atoms with Crippen LogP contribution in [0.2, 0.25) is 0 Å². The van der Waals surface area contributed by atoms with Gasteiger partial charge in [-0.1, -0.05) is 6.07 Å². The molecule has 5 heteroatoms. The first-order chi connectivity index (χ1) is 7.90. The summed E-state index contributed by atoms with van der Waals surface area (Å²) in [6.07, 6.45) is 0. The predicted molar refractivity (Wildman–Crippen MR) is 69.0 cm³/mol. The Bertz CT molecular complexity index is 446. The summed E-state index contributed by atoms with van der Waals surface area (Å²) in [5.41, 5.74) is 7.28. The van der Waals surface area contributed by atoms with Gasteiger partial charge in [0, 0.05) is 4.90 Å². The lowest BCUT2D eigenvalue weighted by molar-refractivity contribution is -0.119. The summed E-state index contributed by atoms with van der Waals surface area (Å²) in [6, 6.07) is 5.17. The molecule has 3 amide bonds. The highest BCUT2D eigenvalue weighted by Gasteiger charge is 2.15. The lowest BCUT2D eigenvalue weighted by atomic mass is 10.1. The topological polar surface area (TPSA) is 72.2 Å². The molecule has 0 unspecified atom stereocenters. The first-order valence-corrected chi connectivity index (χ1v) is 6.12.